The van der Waals surface area contributed by atoms with Crippen LogP contribution in [0.4, 0.5) is 0 Å². The Morgan fingerprint density at radius 2 is 1.75 bits per heavy atom. The number of carbonyl (C=O) groups is 2. The van der Waals surface area contributed by atoms with Crippen molar-refractivity contribution in [3.8, 4) is 0 Å². The van der Waals surface area contributed by atoms with E-state index in [2.05, 4.69) is 13.8 Å². The van der Waals surface area contributed by atoms with Crippen LogP contribution in [-0.4, -0.2) is 35.2 Å². The smallest absolute Gasteiger partial charge is 0.322 e. The molecule has 0 aromatic carbocycles. The number of carboxylic acids is 1. The number of hydrogen-bond acceptors (Lipinski definition) is 3. The Labute approximate surface area is 71.4 Å². The van der Waals surface area contributed by atoms with Gasteiger partial charge in [0.25, 0.3) is 0 Å². The molecule has 0 atom stereocenters. The van der Waals surface area contributed by atoms with Crippen LogP contribution in [0.1, 0.15) is 20.3 Å². The predicted octanol–water partition coefficient (Wildman–Crippen LogP) is -0.404. The summed E-state index contributed by atoms with van der Waals surface area (Å²) < 4.78 is 0. The Bertz CT molecular complexity index is 135. The molecule has 0 spiro atoms. The van der Waals surface area contributed by atoms with Crippen LogP contribution in [0.15, 0.2) is 0 Å². The second kappa shape index (κ2) is 9.90. The Hall–Kier alpha value is -1.10. The number of carboxylic acid groups (broad SMARTS) is 1. The monoisotopic (exact) mass is 177 g/mol. The van der Waals surface area contributed by atoms with Crippen molar-refractivity contribution in [2.75, 3.05) is 13.2 Å². The molecule has 0 aromatic heterocycles. The zero-order chi connectivity index (χ0) is 9.98. The number of carbonyl (C=O) groups excluding carboxylic acids is 1. The Kier molecular flexibility index (Phi) is 11.1. The van der Waals surface area contributed by atoms with Crippen LogP contribution < -0.4 is 5.32 Å². The van der Waals surface area contributed by atoms with Crippen LogP contribution in [0.2, 0.25) is 0 Å². The topological polar surface area (TPSA) is 86.6 Å². The summed E-state index contributed by atoms with van der Waals surface area (Å²) in [6.45, 7) is 3.13. The minimum Gasteiger partial charge on any atom is -0.480 e. The van der Waals surface area contributed by atoms with Crippen molar-refractivity contribution in [3.63, 3.8) is 0 Å². The van der Waals surface area contributed by atoms with Crippen molar-refractivity contribution in [2.45, 2.75) is 20.3 Å². The van der Waals surface area contributed by atoms with E-state index in [0.29, 0.717) is 0 Å². The first-order chi connectivity index (χ1) is 5.58. The predicted molar refractivity (Wildman–Crippen MR) is 43.7 cm³/mol. The molecule has 0 heterocycles. The average Bonchev–Trinajstić information content (AvgIpc) is 2.01. The molecule has 72 valence electrons. The lowest BCUT2D eigenvalue weighted by atomic mass is 10.6. The lowest BCUT2D eigenvalue weighted by Crippen LogP contribution is -2.31. The molecule has 0 aromatic rings. The van der Waals surface area contributed by atoms with E-state index in [0.717, 1.165) is 0 Å². The number of hydrogen-bond donors (Lipinski definition) is 3. The molecule has 5 nitrogen and oxygen atoms in total. The average molecular weight is 177 g/mol. The fourth-order valence-electron chi connectivity index (χ4n) is 0.230. The fourth-order valence-corrected chi connectivity index (χ4v) is 0.230. The molecule has 0 bridgehead atoms. The summed E-state index contributed by atoms with van der Waals surface area (Å²) in [6, 6.07) is 0. The normalized spacial score (nSPS) is 7.92. The third-order valence-electron chi connectivity index (χ3n) is 0.580. The van der Waals surface area contributed by atoms with E-state index in [4.69, 9.17) is 10.2 Å². The van der Waals surface area contributed by atoms with E-state index in [1.165, 1.54) is 6.42 Å². The van der Waals surface area contributed by atoms with E-state index >= 15 is 0 Å². The van der Waals surface area contributed by atoms with Crippen molar-refractivity contribution in [1.82, 2.24) is 5.32 Å². The van der Waals surface area contributed by atoms with Gasteiger partial charge in [-0.05, 0) is 0 Å². The van der Waals surface area contributed by atoms with Crippen LogP contribution in [0, 0.1) is 0 Å². The molecule has 0 radical (unpaired) electrons. The van der Waals surface area contributed by atoms with Gasteiger partial charge in [-0.3, -0.25) is 9.59 Å². The molecular weight excluding hydrogens is 162 g/mol. The summed E-state index contributed by atoms with van der Waals surface area (Å²) >= 11 is 0. The second-order valence-corrected chi connectivity index (χ2v) is 2.04. The summed E-state index contributed by atoms with van der Waals surface area (Å²) in [5, 5.41) is 17.9. The van der Waals surface area contributed by atoms with Gasteiger partial charge in [0.05, 0.1) is 0 Å². The first kappa shape index (κ1) is 13.5. The zero-order valence-corrected chi connectivity index (χ0v) is 7.33. The van der Waals surface area contributed by atoms with Crippen molar-refractivity contribution in [3.05, 3.63) is 0 Å². The molecule has 0 rings (SSSR count). The van der Waals surface area contributed by atoms with Gasteiger partial charge in [-0.1, -0.05) is 20.3 Å². The Morgan fingerprint density at radius 1 is 1.33 bits per heavy atom. The molecule has 5 heteroatoms. The Balaban J connectivity index is 0. The lowest BCUT2D eigenvalue weighted by molar-refractivity contribution is -0.138. The van der Waals surface area contributed by atoms with Gasteiger partial charge in [-0.2, -0.15) is 0 Å². The van der Waals surface area contributed by atoms with E-state index in [-0.39, 0.29) is 0 Å². The van der Waals surface area contributed by atoms with Crippen LogP contribution >= 0.6 is 0 Å². The van der Waals surface area contributed by atoms with Gasteiger partial charge in [0.2, 0.25) is 5.91 Å². The fraction of sp³-hybridized carbons (Fsp3) is 0.714. The molecule has 3 N–H and O–H groups in total. The summed E-state index contributed by atoms with van der Waals surface area (Å²) in [6.07, 6.45) is 1.25. The molecule has 12 heavy (non-hydrogen) atoms. The van der Waals surface area contributed by atoms with Gasteiger partial charge in [-0.15, -0.1) is 0 Å². The minimum absolute atomic E-state index is 0.445. The summed E-state index contributed by atoms with van der Waals surface area (Å²) in [5.74, 6) is -1.81. The largest absolute Gasteiger partial charge is 0.480 e. The standard InChI is InChI=1S/C4H7NO4.C3H8/c6-2-3(7)5-1-4(8)9;1-3-2/h6H,1-2H2,(H,5,7)(H,8,9);3H2,1-2H3. The summed E-state index contributed by atoms with van der Waals surface area (Å²) in [5.41, 5.74) is 0. The first-order valence-electron chi connectivity index (χ1n) is 3.67. The maximum atomic E-state index is 10.1. The van der Waals surface area contributed by atoms with Crippen molar-refractivity contribution in [1.29, 1.82) is 0 Å². The van der Waals surface area contributed by atoms with Crippen LogP contribution in [-0.2, 0) is 9.59 Å². The molecule has 0 saturated carbocycles. The van der Waals surface area contributed by atoms with E-state index in [1.807, 2.05) is 5.32 Å². The van der Waals surface area contributed by atoms with Crippen LogP contribution in [0.5, 0.6) is 0 Å². The second-order valence-electron chi connectivity index (χ2n) is 2.04. The molecule has 0 saturated heterocycles. The quantitative estimate of drug-likeness (QED) is 0.547. The van der Waals surface area contributed by atoms with E-state index < -0.39 is 25.0 Å². The first-order valence-corrected chi connectivity index (χ1v) is 3.67. The number of aliphatic carboxylic acids is 1. The number of aliphatic hydroxyl groups is 1. The maximum Gasteiger partial charge on any atom is 0.322 e. The Morgan fingerprint density at radius 3 is 2.00 bits per heavy atom. The highest BCUT2D eigenvalue weighted by Gasteiger charge is 1.99. The third kappa shape index (κ3) is 16.0. The number of aliphatic hydroxyl groups excluding tert-OH is 1. The van der Waals surface area contributed by atoms with Gasteiger partial charge in [0.1, 0.15) is 13.2 Å². The van der Waals surface area contributed by atoms with Gasteiger partial charge in [-0.25, -0.2) is 0 Å². The molecule has 0 aliphatic carbocycles. The number of amides is 1. The highest BCUT2D eigenvalue weighted by molar-refractivity contribution is 5.81. The highest BCUT2D eigenvalue weighted by Crippen LogP contribution is 1.62. The van der Waals surface area contributed by atoms with Gasteiger partial charge >= 0.3 is 5.97 Å². The molecule has 0 aliphatic heterocycles. The molecule has 0 aliphatic rings. The minimum atomic E-state index is -1.13. The van der Waals surface area contributed by atoms with Crippen LogP contribution in [0.3, 0.4) is 0 Å². The van der Waals surface area contributed by atoms with E-state index in [1.54, 1.807) is 0 Å². The molecule has 0 unspecified atom stereocenters. The SMILES string of the molecule is CCC.O=C(O)CNC(=O)CO. The molecule has 0 fully saturated rings. The van der Waals surface area contributed by atoms with Gasteiger partial charge < -0.3 is 15.5 Å². The molecule has 1 amide bonds. The van der Waals surface area contributed by atoms with Crippen molar-refractivity contribution >= 4 is 11.9 Å². The zero-order valence-electron chi connectivity index (χ0n) is 7.33. The maximum absolute atomic E-state index is 10.1. The van der Waals surface area contributed by atoms with Crippen molar-refractivity contribution < 1.29 is 19.8 Å². The number of rotatable bonds is 3. The van der Waals surface area contributed by atoms with Crippen molar-refractivity contribution in [2.24, 2.45) is 0 Å². The summed E-state index contributed by atoms with van der Waals surface area (Å²) in [4.78, 5) is 19.8. The number of nitrogens with one attached hydrogen (secondary N) is 1. The van der Waals surface area contributed by atoms with Gasteiger partial charge in [0, 0.05) is 0 Å². The third-order valence-corrected chi connectivity index (χ3v) is 0.580. The summed E-state index contributed by atoms with van der Waals surface area (Å²) in [7, 11) is 0. The highest BCUT2D eigenvalue weighted by atomic mass is 16.4. The van der Waals surface area contributed by atoms with E-state index in [9.17, 15) is 9.59 Å². The molecular formula is C7H15NO4. The van der Waals surface area contributed by atoms with Gasteiger partial charge in [0.15, 0.2) is 0 Å². The van der Waals surface area contributed by atoms with Crippen LogP contribution in [0.25, 0.3) is 0 Å². The lowest BCUT2D eigenvalue weighted by Gasteiger charge is -1.95.